The number of nitrogens with two attached hydrogens (primary N) is 1. The predicted octanol–water partition coefficient (Wildman–Crippen LogP) is 1.15. The fourth-order valence-electron chi connectivity index (χ4n) is 1.10. The van der Waals surface area contributed by atoms with Gasteiger partial charge in [0.05, 0.1) is 0 Å². The number of hydrogen-bond donors (Lipinski definition) is 2. The van der Waals surface area contributed by atoms with Gasteiger partial charge in [-0.05, 0) is 0 Å². The number of anilines is 1. The van der Waals surface area contributed by atoms with Crippen molar-refractivity contribution in [3.63, 3.8) is 0 Å². The molecule has 1 radical (unpaired) electrons. The zero-order valence-electron chi connectivity index (χ0n) is 7.81. The predicted molar refractivity (Wildman–Crippen MR) is 59.1 cm³/mol. The summed E-state index contributed by atoms with van der Waals surface area (Å²) in [6.45, 7) is 0. The van der Waals surface area contributed by atoms with Crippen molar-refractivity contribution in [3.05, 3.63) is 22.8 Å². The monoisotopic (exact) mass is 293 g/mol. The van der Waals surface area contributed by atoms with Gasteiger partial charge < -0.3 is 0 Å². The van der Waals surface area contributed by atoms with Crippen molar-refractivity contribution in [1.82, 2.24) is 4.98 Å². The molecule has 0 amide bonds. The average molecular weight is 293 g/mol. The number of carboxylic acid groups (broad SMARTS) is 1. The summed E-state index contributed by atoms with van der Waals surface area (Å²) < 4.78 is 0. The number of halogens is 1. The first-order chi connectivity index (χ1) is 7.04. The minimum absolute atomic E-state index is 0.260. The maximum atomic E-state index is 10.8. The first-order valence-corrected chi connectivity index (χ1v) is 5.84. The van der Waals surface area contributed by atoms with E-state index in [2.05, 4.69) is 21.0 Å². The van der Waals surface area contributed by atoms with E-state index in [0.717, 1.165) is 5.56 Å². The van der Waals surface area contributed by atoms with Crippen LogP contribution in [-0.4, -0.2) is 32.1 Å². The number of rotatable bonds is 4. The molecule has 15 heavy (non-hydrogen) atoms. The summed E-state index contributed by atoms with van der Waals surface area (Å²) in [5, 5.41) is 9.67. The molecule has 1 aromatic rings. The molecule has 0 spiro atoms. The normalized spacial score (nSPS) is 12.4. The van der Waals surface area contributed by atoms with Gasteiger partial charge in [0.25, 0.3) is 0 Å². The molecular formula is C9H10ClN2O2Se. The van der Waals surface area contributed by atoms with Crippen LogP contribution in [0.4, 0.5) is 5.82 Å². The molecule has 81 valence electrons. The topological polar surface area (TPSA) is 76.2 Å². The van der Waals surface area contributed by atoms with Crippen molar-refractivity contribution in [2.45, 2.75) is 11.7 Å². The fourth-order valence-corrected chi connectivity index (χ4v) is 1.84. The number of nitrogens with zero attached hydrogens (tertiary/aromatic N) is 1. The molecule has 0 aliphatic heterocycles. The Morgan fingerprint density at radius 1 is 1.73 bits per heavy atom. The van der Waals surface area contributed by atoms with Gasteiger partial charge in [0, 0.05) is 0 Å². The summed E-state index contributed by atoms with van der Waals surface area (Å²) in [5.74, 6) is -1.02. The average Bonchev–Trinajstić information content (AvgIpc) is 2.19. The number of pyridine rings is 1. The van der Waals surface area contributed by atoms with Crippen molar-refractivity contribution < 1.29 is 9.90 Å². The molecule has 0 bridgehead atoms. The Morgan fingerprint density at radius 3 is 2.87 bits per heavy atom. The molecule has 1 heterocycles. The third kappa shape index (κ3) is 3.38. The van der Waals surface area contributed by atoms with Crippen LogP contribution < -0.4 is 5.73 Å². The van der Waals surface area contributed by atoms with Crippen LogP contribution in [-0.2, 0) is 11.2 Å². The summed E-state index contributed by atoms with van der Waals surface area (Å²) in [6.07, 6.45) is 1.95. The van der Waals surface area contributed by atoms with Gasteiger partial charge in [0.1, 0.15) is 0 Å². The van der Waals surface area contributed by atoms with Crippen molar-refractivity contribution in [2.75, 3.05) is 5.73 Å². The molecule has 4 nitrogen and oxygen atoms in total. The first-order valence-electron chi connectivity index (χ1n) is 4.25. The Bertz CT molecular complexity index is 373. The fraction of sp³-hybridized carbons (Fsp3) is 0.333. The summed E-state index contributed by atoms with van der Waals surface area (Å²) in [4.78, 5) is 14.7. The number of aliphatic carboxylic acids is 1. The molecule has 1 aromatic heterocycles. The second kappa shape index (κ2) is 5.35. The molecule has 0 fully saturated rings. The number of carbonyl (C=O) groups is 1. The Labute approximate surface area is 101 Å². The molecule has 1 rings (SSSR count). The maximum absolute atomic E-state index is 10.8. The summed E-state index contributed by atoms with van der Waals surface area (Å²) in [5.41, 5.74) is 6.22. The van der Waals surface area contributed by atoms with Gasteiger partial charge in [-0.15, -0.1) is 0 Å². The zero-order chi connectivity index (χ0) is 11.4. The molecule has 0 aliphatic rings. The SMILES string of the molecule is Nc1ncc(C[C@H](C[Se])C(=O)O)cc1Cl. The molecule has 0 aromatic carbocycles. The van der Waals surface area contributed by atoms with Gasteiger partial charge in [-0.1, -0.05) is 0 Å². The molecule has 0 saturated heterocycles. The molecule has 0 aliphatic carbocycles. The molecule has 0 saturated carbocycles. The standard InChI is InChI=1S/C9H10ClN2O2Se/c10-7-2-5(3-12-8(7)11)1-6(4-15)9(13)14/h2-3,6H,1,4H2,(H2,11,12)(H,13,14)/t6-/m1/s1. The second-order valence-corrected chi connectivity index (χ2v) is 4.22. The minimum atomic E-state index is -0.832. The van der Waals surface area contributed by atoms with E-state index in [1.165, 1.54) is 0 Å². The van der Waals surface area contributed by atoms with E-state index in [0.29, 0.717) is 16.8 Å². The Kier molecular flexibility index (Phi) is 4.39. The summed E-state index contributed by atoms with van der Waals surface area (Å²) in [7, 11) is 0. The second-order valence-electron chi connectivity index (χ2n) is 3.12. The van der Waals surface area contributed by atoms with E-state index in [1.807, 2.05) is 0 Å². The van der Waals surface area contributed by atoms with Crippen molar-refractivity contribution in [3.8, 4) is 0 Å². The molecule has 3 N–H and O–H groups in total. The molecule has 6 heteroatoms. The van der Waals surface area contributed by atoms with Crippen LogP contribution in [0.1, 0.15) is 5.56 Å². The van der Waals surface area contributed by atoms with Gasteiger partial charge in [0.15, 0.2) is 0 Å². The quantitative estimate of drug-likeness (QED) is 0.816. The number of aromatic nitrogens is 1. The van der Waals surface area contributed by atoms with Gasteiger partial charge in [0.2, 0.25) is 0 Å². The third-order valence-corrected chi connectivity index (χ3v) is 3.11. The van der Waals surface area contributed by atoms with Crippen molar-refractivity contribution in [1.29, 1.82) is 0 Å². The Hall–Kier alpha value is -0.771. The Balaban J connectivity index is 2.80. The van der Waals surface area contributed by atoms with Gasteiger partial charge in [-0.3, -0.25) is 0 Å². The number of hydrogen-bond acceptors (Lipinski definition) is 3. The number of nitrogen functional groups attached to an aromatic ring is 1. The van der Waals surface area contributed by atoms with Crippen LogP contribution in [0.15, 0.2) is 12.3 Å². The van der Waals surface area contributed by atoms with Crippen molar-refractivity contribution in [2.24, 2.45) is 5.92 Å². The van der Waals surface area contributed by atoms with E-state index < -0.39 is 11.9 Å². The first kappa shape index (κ1) is 12.3. The van der Waals surface area contributed by atoms with Crippen molar-refractivity contribution >= 4 is 39.4 Å². The van der Waals surface area contributed by atoms with Gasteiger partial charge in [-0.2, -0.15) is 0 Å². The molecule has 1 atom stereocenters. The summed E-state index contributed by atoms with van der Waals surface area (Å²) in [6, 6.07) is 1.65. The summed E-state index contributed by atoms with van der Waals surface area (Å²) >= 11 is 8.49. The van der Waals surface area contributed by atoms with E-state index in [4.69, 9.17) is 22.4 Å². The number of carboxylic acids is 1. The van der Waals surface area contributed by atoms with Gasteiger partial charge in [-0.25, -0.2) is 0 Å². The van der Waals surface area contributed by atoms with E-state index in [1.54, 1.807) is 12.3 Å². The van der Waals surface area contributed by atoms with Crippen LogP contribution in [0, 0.1) is 5.92 Å². The van der Waals surface area contributed by atoms with E-state index >= 15 is 0 Å². The zero-order valence-corrected chi connectivity index (χ0v) is 10.3. The van der Waals surface area contributed by atoms with Crippen LogP contribution in [0.5, 0.6) is 0 Å². The Morgan fingerprint density at radius 2 is 2.40 bits per heavy atom. The van der Waals surface area contributed by atoms with E-state index in [9.17, 15) is 4.79 Å². The molecule has 0 unspecified atom stereocenters. The van der Waals surface area contributed by atoms with Crippen LogP contribution in [0.25, 0.3) is 0 Å². The van der Waals surface area contributed by atoms with Gasteiger partial charge >= 0.3 is 101 Å². The van der Waals surface area contributed by atoms with Crippen LogP contribution in [0.2, 0.25) is 10.3 Å². The van der Waals surface area contributed by atoms with E-state index in [-0.39, 0.29) is 5.82 Å². The van der Waals surface area contributed by atoms with Crippen LogP contribution in [0.3, 0.4) is 0 Å². The molecular weight excluding hydrogens is 283 g/mol. The van der Waals surface area contributed by atoms with Crippen LogP contribution >= 0.6 is 11.6 Å². The third-order valence-electron chi connectivity index (χ3n) is 1.96.